The molecule has 19 heavy (non-hydrogen) atoms. The number of amides is 1. The minimum Gasteiger partial charge on any atom is -0.384 e. The molecule has 0 aliphatic heterocycles. The van der Waals surface area contributed by atoms with Crippen LogP contribution in [0.2, 0.25) is 0 Å². The smallest absolute Gasteiger partial charge is 0.249 e. The van der Waals surface area contributed by atoms with E-state index in [2.05, 4.69) is 0 Å². The molecule has 0 heterocycles. The molecule has 0 saturated heterocycles. The molecule has 0 aromatic carbocycles. The van der Waals surface area contributed by atoms with Gasteiger partial charge < -0.3 is 21.1 Å². The van der Waals surface area contributed by atoms with Gasteiger partial charge in [-0.25, -0.2) is 0 Å². The molecule has 0 aromatic rings. The van der Waals surface area contributed by atoms with Gasteiger partial charge in [0.2, 0.25) is 5.91 Å². The van der Waals surface area contributed by atoms with Crippen molar-refractivity contribution < 1.29 is 20.1 Å². The largest absolute Gasteiger partial charge is 0.384 e. The Morgan fingerprint density at radius 2 is 1.63 bits per heavy atom. The van der Waals surface area contributed by atoms with Crippen LogP contribution in [0.4, 0.5) is 0 Å². The van der Waals surface area contributed by atoms with Gasteiger partial charge in [0.15, 0.2) is 0 Å². The fraction of sp³-hybridized carbons (Fsp3) is 0.643. The summed E-state index contributed by atoms with van der Waals surface area (Å²) in [6.07, 6.45) is -1.06. The van der Waals surface area contributed by atoms with Crippen molar-refractivity contribution in [1.29, 1.82) is 0 Å². The van der Waals surface area contributed by atoms with Gasteiger partial charge in [-0.3, -0.25) is 4.79 Å². The normalized spacial score (nSPS) is 27.5. The molecular formula is C14H23NO4. The van der Waals surface area contributed by atoms with E-state index in [1.54, 1.807) is 20.8 Å². The number of aliphatic hydroxyl groups is 3. The summed E-state index contributed by atoms with van der Waals surface area (Å²) in [4.78, 5) is 11.1. The highest BCUT2D eigenvalue weighted by molar-refractivity contribution is 5.82. The van der Waals surface area contributed by atoms with Gasteiger partial charge in [0, 0.05) is 0 Å². The predicted molar refractivity (Wildman–Crippen MR) is 72.1 cm³/mol. The molecule has 0 aromatic heterocycles. The molecule has 0 bridgehead atoms. The third kappa shape index (κ3) is 3.05. The van der Waals surface area contributed by atoms with E-state index in [0.717, 1.165) is 5.57 Å². The highest BCUT2D eigenvalue weighted by Crippen LogP contribution is 2.33. The van der Waals surface area contributed by atoms with Crippen molar-refractivity contribution in [3.05, 3.63) is 22.3 Å². The zero-order valence-corrected chi connectivity index (χ0v) is 11.9. The van der Waals surface area contributed by atoms with Crippen molar-refractivity contribution in [3.63, 3.8) is 0 Å². The summed E-state index contributed by atoms with van der Waals surface area (Å²) < 4.78 is 0. The Bertz CT molecular complexity index is 448. The second-order valence-electron chi connectivity index (χ2n) is 5.52. The molecule has 5 nitrogen and oxygen atoms in total. The summed E-state index contributed by atoms with van der Waals surface area (Å²) in [5.74, 6) is -0.792. The van der Waals surface area contributed by atoms with Crippen LogP contribution in [-0.4, -0.2) is 39.0 Å². The van der Waals surface area contributed by atoms with Crippen LogP contribution in [0, 0.1) is 0 Å². The minimum atomic E-state index is -1.61. The number of primary amides is 1. The lowest BCUT2D eigenvalue weighted by Gasteiger charge is -2.31. The summed E-state index contributed by atoms with van der Waals surface area (Å²) in [5.41, 5.74) is 6.28. The van der Waals surface area contributed by atoms with Crippen molar-refractivity contribution in [1.82, 2.24) is 0 Å². The molecule has 5 N–H and O–H groups in total. The lowest BCUT2D eigenvalue weighted by Crippen LogP contribution is -2.41. The third-order valence-corrected chi connectivity index (χ3v) is 4.10. The summed E-state index contributed by atoms with van der Waals surface area (Å²) in [5, 5.41) is 30.1. The highest BCUT2D eigenvalue weighted by Gasteiger charge is 2.32. The van der Waals surface area contributed by atoms with Crippen molar-refractivity contribution in [2.75, 3.05) is 0 Å². The zero-order chi connectivity index (χ0) is 15.0. The van der Waals surface area contributed by atoms with E-state index in [4.69, 9.17) is 5.73 Å². The number of carbonyl (C=O) groups is 1. The Hall–Kier alpha value is -1.17. The molecule has 5 heteroatoms. The maximum atomic E-state index is 11.1. The molecule has 1 amide bonds. The van der Waals surface area contributed by atoms with E-state index < -0.39 is 23.7 Å². The molecule has 108 valence electrons. The van der Waals surface area contributed by atoms with Gasteiger partial charge in [-0.05, 0) is 62.8 Å². The quantitative estimate of drug-likeness (QED) is 0.554. The first kappa shape index (κ1) is 15.9. The van der Waals surface area contributed by atoms with Gasteiger partial charge in [-0.1, -0.05) is 0 Å². The van der Waals surface area contributed by atoms with Crippen LogP contribution in [0.1, 0.15) is 40.5 Å². The zero-order valence-electron chi connectivity index (χ0n) is 11.9. The molecule has 0 radical (unpaired) electrons. The summed E-state index contributed by atoms with van der Waals surface area (Å²) >= 11 is 0. The molecule has 0 fully saturated rings. The molecule has 0 saturated carbocycles. The average Bonchev–Trinajstić information content (AvgIpc) is 2.33. The minimum absolute atomic E-state index is 0.116. The Morgan fingerprint density at radius 1 is 1.16 bits per heavy atom. The molecule has 0 unspecified atom stereocenters. The highest BCUT2D eigenvalue weighted by atomic mass is 16.3. The van der Waals surface area contributed by atoms with E-state index in [1.807, 2.05) is 0 Å². The molecule has 1 rings (SSSR count). The Labute approximate surface area is 113 Å². The predicted octanol–water partition coefficient (Wildman–Crippen LogP) is 0.391. The monoisotopic (exact) mass is 269 g/mol. The van der Waals surface area contributed by atoms with Crippen LogP contribution in [-0.2, 0) is 4.79 Å². The average molecular weight is 269 g/mol. The van der Waals surface area contributed by atoms with Crippen molar-refractivity contribution >= 4 is 5.91 Å². The van der Waals surface area contributed by atoms with E-state index >= 15 is 0 Å². The fourth-order valence-corrected chi connectivity index (χ4v) is 2.24. The van der Waals surface area contributed by atoms with Crippen molar-refractivity contribution in [2.45, 2.75) is 58.3 Å². The Balaban J connectivity index is 2.92. The van der Waals surface area contributed by atoms with E-state index in [1.165, 1.54) is 6.92 Å². The van der Waals surface area contributed by atoms with Crippen molar-refractivity contribution in [3.8, 4) is 0 Å². The lowest BCUT2D eigenvalue weighted by molar-refractivity contribution is -0.135. The van der Waals surface area contributed by atoms with Gasteiger partial charge in [0.1, 0.15) is 5.60 Å². The number of carbonyl (C=O) groups excluding carboxylic acids is 1. The fourth-order valence-electron chi connectivity index (χ4n) is 2.24. The van der Waals surface area contributed by atoms with Crippen LogP contribution in [0.5, 0.6) is 0 Å². The molecular weight excluding hydrogens is 246 g/mol. The van der Waals surface area contributed by atoms with Crippen LogP contribution in [0.15, 0.2) is 22.3 Å². The first-order valence-electron chi connectivity index (χ1n) is 6.34. The second kappa shape index (κ2) is 5.45. The molecule has 1 aliphatic carbocycles. The molecule has 3 atom stereocenters. The van der Waals surface area contributed by atoms with Gasteiger partial charge in [0.25, 0.3) is 0 Å². The number of nitrogens with two attached hydrogens (primary N) is 1. The molecule has 0 spiro atoms. The van der Waals surface area contributed by atoms with E-state index in [0.29, 0.717) is 23.1 Å². The third-order valence-electron chi connectivity index (χ3n) is 4.10. The van der Waals surface area contributed by atoms with Crippen molar-refractivity contribution in [2.24, 2.45) is 5.73 Å². The van der Waals surface area contributed by atoms with Crippen LogP contribution >= 0.6 is 0 Å². The number of hydrogen-bond donors (Lipinski definition) is 4. The lowest BCUT2D eigenvalue weighted by atomic mass is 9.80. The standard InChI is InChI=1S/C14H23NO4/c1-7-8(2)12(17)10(9(3)11(7)16)5-6-14(4,19)13(15)18/h11-12,16-17,19H,5-6H2,1-4H3,(H2,15,18)/t11-,12-,14-/m1/s1. The Kier molecular flexibility index (Phi) is 4.55. The summed E-state index contributed by atoms with van der Waals surface area (Å²) in [6.45, 7) is 6.65. The van der Waals surface area contributed by atoms with E-state index in [9.17, 15) is 20.1 Å². The summed E-state index contributed by atoms with van der Waals surface area (Å²) in [6, 6.07) is 0. The number of aliphatic hydroxyl groups excluding tert-OH is 2. The first-order valence-corrected chi connectivity index (χ1v) is 6.34. The van der Waals surface area contributed by atoms with Gasteiger partial charge in [0.05, 0.1) is 12.2 Å². The van der Waals surface area contributed by atoms with Crippen LogP contribution in [0.3, 0.4) is 0 Å². The Morgan fingerprint density at radius 3 is 2.11 bits per heavy atom. The van der Waals surface area contributed by atoms with Gasteiger partial charge >= 0.3 is 0 Å². The maximum Gasteiger partial charge on any atom is 0.249 e. The van der Waals surface area contributed by atoms with Gasteiger partial charge in [-0.2, -0.15) is 0 Å². The van der Waals surface area contributed by atoms with E-state index in [-0.39, 0.29) is 6.42 Å². The van der Waals surface area contributed by atoms with Gasteiger partial charge in [-0.15, -0.1) is 0 Å². The number of rotatable bonds is 4. The molecule has 1 aliphatic rings. The first-order chi connectivity index (χ1) is 8.59. The SMILES string of the molecule is CC1=C(C)[C@@H](O)C(CC[C@@](C)(O)C(N)=O)=C(C)[C@@H]1O. The summed E-state index contributed by atoms with van der Waals surface area (Å²) in [7, 11) is 0. The maximum absolute atomic E-state index is 11.1. The second-order valence-corrected chi connectivity index (χ2v) is 5.52. The number of hydrogen-bond acceptors (Lipinski definition) is 4. The topological polar surface area (TPSA) is 104 Å². The van der Waals surface area contributed by atoms with Crippen LogP contribution in [0.25, 0.3) is 0 Å². The van der Waals surface area contributed by atoms with Crippen LogP contribution < -0.4 is 5.73 Å².